The van der Waals surface area contributed by atoms with Crippen molar-refractivity contribution in [2.45, 2.75) is 76.9 Å². The monoisotopic (exact) mass is 378 g/mol. The Morgan fingerprint density at radius 2 is 1.96 bits per heavy atom. The lowest BCUT2D eigenvalue weighted by Gasteiger charge is -2.40. The zero-order valence-electron chi connectivity index (χ0n) is 16.8. The van der Waals surface area contributed by atoms with E-state index in [-0.39, 0.29) is 12.5 Å². The SMILES string of the molecule is CCc1nnc(CN(C)C[C@]2(O)CCCN(CCC3CCCCC3)C2=O)o1. The molecule has 0 aromatic carbocycles. The zero-order chi connectivity index (χ0) is 19.3. The van der Waals surface area contributed by atoms with Crippen molar-refractivity contribution in [1.82, 2.24) is 20.0 Å². The number of likely N-dealkylation sites (tertiary alicyclic amines) is 1. The minimum absolute atomic E-state index is 0.115. The van der Waals surface area contributed by atoms with E-state index in [0.717, 1.165) is 31.8 Å². The van der Waals surface area contributed by atoms with Gasteiger partial charge in [0.1, 0.15) is 0 Å². The van der Waals surface area contributed by atoms with Crippen LogP contribution in [0.2, 0.25) is 0 Å². The molecule has 0 unspecified atom stereocenters. The number of nitrogens with zero attached hydrogens (tertiary/aromatic N) is 4. The Kier molecular flexibility index (Phi) is 6.87. The van der Waals surface area contributed by atoms with Gasteiger partial charge in [-0.05, 0) is 32.2 Å². The molecule has 0 spiro atoms. The van der Waals surface area contributed by atoms with Gasteiger partial charge < -0.3 is 14.4 Å². The molecule has 1 aliphatic carbocycles. The van der Waals surface area contributed by atoms with Crippen LogP contribution in [0, 0.1) is 5.92 Å². The number of carbonyl (C=O) groups excluding carboxylic acids is 1. The standard InChI is InChI=1S/C20H34N4O3/c1-3-17-21-22-18(27-17)14-23(2)15-20(26)11-7-12-24(19(20)25)13-10-16-8-5-4-6-9-16/h16,26H,3-15H2,1-2H3/t20-/m1/s1. The van der Waals surface area contributed by atoms with Crippen LogP contribution in [-0.2, 0) is 17.8 Å². The lowest BCUT2D eigenvalue weighted by Crippen LogP contribution is -2.58. The van der Waals surface area contributed by atoms with Crippen LogP contribution < -0.4 is 0 Å². The van der Waals surface area contributed by atoms with Gasteiger partial charge >= 0.3 is 0 Å². The lowest BCUT2D eigenvalue weighted by molar-refractivity contribution is -0.159. The molecule has 1 saturated heterocycles. The number of hydrogen-bond acceptors (Lipinski definition) is 6. The van der Waals surface area contributed by atoms with Crippen LogP contribution in [0.3, 0.4) is 0 Å². The third-order valence-electron chi connectivity index (χ3n) is 5.98. The molecule has 0 bridgehead atoms. The number of carbonyl (C=O) groups is 1. The van der Waals surface area contributed by atoms with Crippen LogP contribution in [0.1, 0.15) is 70.1 Å². The third kappa shape index (κ3) is 5.29. The van der Waals surface area contributed by atoms with Gasteiger partial charge in [-0.3, -0.25) is 9.69 Å². The van der Waals surface area contributed by atoms with Gasteiger partial charge in [-0.25, -0.2) is 0 Å². The minimum Gasteiger partial charge on any atom is -0.424 e. The highest BCUT2D eigenvalue weighted by molar-refractivity contribution is 5.86. The topological polar surface area (TPSA) is 82.7 Å². The molecule has 0 radical (unpaired) electrons. The maximum Gasteiger partial charge on any atom is 0.255 e. The maximum atomic E-state index is 13.0. The molecule has 27 heavy (non-hydrogen) atoms. The van der Waals surface area contributed by atoms with Gasteiger partial charge in [-0.15, -0.1) is 10.2 Å². The summed E-state index contributed by atoms with van der Waals surface area (Å²) in [4.78, 5) is 16.7. The largest absolute Gasteiger partial charge is 0.424 e. The molecule has 152 valence electrons. The van der Waals surface area contributed by atoms with Crippen molar-refractivity contribution in [1.29, 1.82) is 0 Å². The minimum atomic E-state index is -1.31. The quantitative estimate of drug-likeness (QED) is 0.748. The number of amides is 1. The summed E-state index contributed by atoms with van der Waals surface area (Å²) in [7, 11) is 1.88. The normalized spacial score (nSPS) is 24.7. The number of aromatic nitrogens is 2. The molecule has 1 aromatic heterocycles. The molecule has 3 rings (SSSR count). The van der Waals surface area contributed by atoms with E-state index in [1.54, 1.807) is 0 Å². The van der Waals surface area contributed by atoms with Gasteiger partial charge in [0.25, 0.3) is 5.91 Å². The van der Waals surface area contributed by atoms with E-state index in [0.29, 0.717) is 31.2 Å². The molecule has 1 aliphatic heterocycles. The number of piperidine rings is 1. The van der Waals surface area contributed by atoms with Crippen molar-refractivity contribution in [2.75, 3.05) is 26.7 Å². The Morgan fingerprint density at radius 3 is 2.67 bits per heavy atom. The van der Waals surface area contributed by atoms with E-state index in [1.165, 1.54) is 32.1 Å². The van der Waals surface area contributed by atoms with Crippen molar-refractivity contribution < 1.29 is 14.3 Å². The third-order valence-corrected chi connectivity index (χ3v) is 5.98. The second kappa shape index (κ2) is 9.15. The molecule has 1 saturated carbocycles. The van der Waals surface area contributed by atoms with Crippen molar-refractivity contribution in [3.63, 3.8) is 0 Å². The van der Waals surface area contributed by atoms with E-state index < -0.39 is 5.60 Å². The number of aliphatic hydroxyl groups is 1. The van der Waals surface area contributed by atoms with E-state index in [9.17, 15) is 9.90 Å². The first-order chi connectivity index (χ1) is 13.0. The summed E-state index contributed by atoms with van der Waals surface area (Å²) < 4.78 is 5.54. The Balaban J connectivity index is 1.52. The Hall–Kier alpha value is -1.47. The number of hydrogen-bond donors (Lipinski definition) is 1. The van der Waals surface area contributed by atoms with Crippen LogP contribution in [0.5, 0.6) is 0 Å². The summed E-state index contributed by atoms with van der Waals surface area (Å²) in [5, 5.41) is 19.0. The van der Waals surface area contributed by atoms with Gasteiger partial charge in [0.15, 0.2) is 5.60 Å². The van der Waals surface area contributed by atoms with Crippen molar-refractivity contribution >= 4 is 5.91 Å². The van der Waals surface area contributed by atoms with E-state index in [4.69, 9.17) is 4.42 Å². The summed E-state index contributed by atoms with van der Waals surface area (Å²) in [6.07, 6.45) is 9.71. The molecule has 2 aliphatic rings. The fraction of sp³-hybridized carbons (Fsp3) is 0.850. The Labute approximate surface area is 162 Å². The van der Waals surface area contributed by atoms with Gasteiger partial charge in [-0.1, -0.05) is 39.0 Å². The second-order valence-electron chi connectivity index (χ2n) is 8.34. The van der Waals surface area contributed by atoms with Crippen LogP contribution in [0.15, 0.2) is 4.42 Å². The molecule has 7 heteroatoms. The van der Waals surface area contributed by atoms with Crippen LogP contribution >= 0.6 is 0 Å². The fourth-order valence-corrected chi connectivity index (χ4v) is 4.47. The van der Waals surface area contributed by atoms with Gasteiger partial charge in [-0.2, -0.15) is 0 Å². The molecular weight excluding hydrogens is 344 g/mol. The first kappa shape index (κ1) is 20.3. The van der Waals surface area contributed by atoms with Crippen molar-refractivity contribution in [2.24, 2.45) is 5.92 Å². The average Bonchev–Trinajstić information content (AvgIpc) is 3.11. The molecule has 7 nitrogen and oxygen atoms in total. The van der Waals surface area contributed by atoms with E-state index in [1.807, 2.05) is 23.8 Å². The van der Waals surface area contributed by atoms with Gasteiger partial charge in [0.2, 0.25) is 11.8 Å². The smallest absolute Gasteiger partial charge is 0.255 e. The van der Waals surface area contributed by atoms with Crippen molar-refractivity contribution in [3.8, 4) is 0 Å². The molecule has 1 amide bonds. The van der Waals surface area contributed by atoms with Crippen LogP contribution in [-0.4, -0.2) is 63.3 Å². The maximum absolute atomic E-state index is 13.0. The Morgan fingerprint density at radius 1 is 1.22 bits per heavy atom. The van der Waals surface area contributed by atoms with Crippen LogP contribution in [0.4, 0.5) is 0 Å². The first-order valence-electron chi connectivity index (χ1n) is 10.5. The molecule has 2 fully saturated rings. The number of rotatable bonds is 8. The van der Waals surface area contributed by atoms with E-state index >= 15 is 0 Å². The predicted octanol–water partition coefficient (Wildman–Crippen LogP) is 2.39. The Bertz CT molecular complexity index is 614. The van der Waals surface area contributed by atoms with E-state index in [2.05, 4.69) is 10.2 Å². The van der Waals surface area contributed by atoms with Crippen molar-refractivity contribution in [3.05, 3.63) is 11.8 Å². The summed E-state index contributed by atoms with van der Waals surface area (Å²) in [6.45, 7) is 4.23. The summed E-state index contributed by atoms with van der Waals surface area (Å²) >= 11 is 0. The molecular formula is C20H34N4O3. The fourth-order valence-electron chi connectivity index (χ4n) is 4.47. The summed E-state index contributed by atoms with van der Waals surface area (Å²) in [5.41, 5.74) is -1.31. The molecule has 2 heterocycles. The summed E-state index contributed by atoms with van der Waals surface area (Å²) in [5.74, 6) is 1.76. The highest BCUT2D eigenvalue weighted by atomic mass is 16.4. The highest BCUT2D eigenvalue weighted by Crippen LogP contribution is 2.29. The summed E-state index contributed by atoms with van der Waals surface area (Å²) in [6, 6.07) is 0. The highest BCUT2D eigenvalue weighted by Gasteiger charge is 2.43. The second-order valence-corrected chi connectivity index (χ2v) is 8.34. The molecule has 1 atom stereocenters. The first-order valence-corrected chi connectivity index (χ1v) is 10.5. The van der Waals surface area contributed by atoms with Gasteiger partial charge in [0, 0.05) is 26.1 Å². The number of aryl methyl sites for hydroxylation is 1. The van der Waals surface area contributed by atoms with Gasteiger partial charge in [0.05, 0.1) is 6.54 Å². The zero-order valence-corrected chi connectivity index (χ0v) is 16.8. The lowest BCUT2D eigenvalue weighted by atomic mass is 9.86. The average molecular weight is 379 g/mol. The molecule has 1 aromatic rings. The van der Waals surface area contributed by atoms with Crippen LogP contribution in [0.25, 0.3) is 0 Å². The number of likely N-dealkylation sites (N-methyl/N-ethyl adjacent to an activating group) is 1. The predicted molar refractivity (Wildman–Crippen MR) is 102 cm³/mol. The molecule has 1 N–H and O–H groups in total.